The highest BCUT2D eigenvalue weighted by Crippen LogP contribution is 2.37. The summed E-state index contributed by atoms with van der Waals surface area (Å²) in [4.78, 5) is 11.0. The van der Waals surface area contributed by atoms with Crippen LogP contribution in [-0.2, 0) is 11.3 Å². The predicted molar refractivity (Wildman–Crippen MR) is 85.1 cm³/mol. The number of aromatic nitrogens is 2. The topological polar surface area (TPSA) is 61.0 Å². The molecule has 3 heterocycles. The van der Waals surface area contributed by atoms with Gasteiger partial charge in [-0.15, -0.1) is 22.7 Å². The Bertz CT molecular complexity index is 707. The van der Waals surface area contributed by atoms with Gasteiger partial charge < -0.3 is 10.5 Å². The van der Waals surface area contributed by atoms with Gasteiger partial charge in [0.05, 0.1) is 5.39 Å². The zero-order chi connectivity index (χ0) is 13.9. The molecular weight excluding hydrogens is 290 g/mol. The van der Waals surface area contributed by atoms with Gasteiger partial charge in [-0.05, 0) is 17.9 Å². The molecule has 0 spiro atoms. The first kappa shape index (κ1) is 13.5. The van der Waals surface area contributed by atoms with E-state index in [1.807, 2.05) is 6.07 Å². The number of rotatable bonds is 5. The third-order valence-corrected chi connectivity index (χ3v) is 4.65. The van der Waals surface area contributed by atoms with Gasteiger partial charge in [0.1, 0.15) is 17.3 Å². The lowest BCUT2D eigenvalue weighted by molar-refractivity contribution is 0.116. The summed E-state index contributed by atoms with van der Waals surface area (Å²) in [6.45, 7) is 3.21. The molecule has 0 bridgehead atoms. The molecular formula is C14H15N3OS2. The second-order valence-corrected chi connectivity index (χ2v) is 6.19. The summed E-state index contributed by atoms with van der Waals surface area (Å²) < 4.78 is 5.48. The fraction of sp³-hybridized carbons (Fsp3) is 0.286. The van der Waals surface area contributed by atoms with E-state index in [0.717, 1.165) is 22.2 Å². The summed E-state index contributed by atoms with van der Waals surface area (Å²) in [5.74, 6) is 1.19. The molecule has 0 fully saturated rings. The normalized spacial score (nSPS) is 11.2. The fourth-order valence-corrected chi connectivity index (χ4v) is 3.79. The molecule has 0 amide bonds. The Morgan fingerprint density at radius 3 is 2.95 bits per heavy atom. The quantitative estimate of drug-likeness (QED) is 0.726. The van der Waals surface area contributed by atoms with Crippen molar-refractivity contribution in [1.29, 1.82) is 0 Å². The predicted octanol–water partition coefficient (Wildman–Crippen LogP) is 3.93. The molecule has 0 aliphatic rings. The molecule has 0 atom stereocenters. The number of hydrogen-bond acceptors (Lipinski definition) is 6. The monoisotopic (exact) mass is 305 g/mol. The Hall–Kier alpha value is -1.50. The van der Waals surface area contributed by atoms with Crippen LogP contribution in [0.4, 0.5) is 5.82 Å². The Kier molecular flexibility index (Phi) is 3.95. The highest BCUT2D eigenvalue weighted by atomic mass is 32.1. The summed E-state index contributed by atoms with van der Waals surface area (Å²) in [6, 6.07) is 4.12. The largest absolute Gasteiger partial charge is 0.383 e. The zero-order valence-corrected chi connectivity index (χ0v) is 12.8. The maximum Gasteiger partial charge on any atom is 0.158 e. The highest BCUT2D eigenvalue weighted by molar-refractivity contribution is 7.18. The minimum atomic E-state index is 0.417. The van der Waals surface area contributed by atoms with Crippen molar-refractivity contribution in [3.05, 3.63) is 28.7 Å². The minimum absolute atomic E-state index is 0.417. The van der Waals surface area contributed by atoms with Gasteiger partial charge in [-0.25, -0.2) is 9.97 Å². The summed E-state index contributed by atoms with van der Waals surface area (Å²) in [5, 5.41) is 5.11. The number of nitrogens with zero attached hydrogens (tertiary/aromatic N) is 2. The molecule has 3 aromatic heterocycles. The first-order valence-electron chi connectivity index (χ1n) is 6.44. The van der Waals surface area contributed by atoms with Crippen LogP contribution in [0.5, 0.6) is 0 Å². The smallest absolute Gasteiger partial charge is 0.158 e. The standard InChI is InChI=1S/C14H15N3OS2/c1-2-5-18-7-11-16-13(15)12-9(8-20-14(12)17-11)10-4-3-6-19-10/h3-4,6,8H,2,5,7H2,1H3,(H2,15,16,17). The lowest BCUT2D eigenvalue weighted by Gasteiger charge is -2.04. The molecule has 0 saturated heterocycles. The van der Waals surface area contributed by atoms with Gasteiger partial charge in [0.2, 0.25) is 0 Å². The molecule has 0 saturated carbocycles. The van der Waals surface area contributed by atoms with E-state index in [2.05, 4.69) is 33.7 Å². The summed E-state index contributed by atoms with van der Waals surface area (Å²) in [5.41, 5.74) is 7.24. The van der Waals surface area contributed by atoms with Crippen molar-refractivity contribution in [2.45, 2.75) is 20.0 Å². The summed E-state index contributed by atoms with van der Waals surface area (Å²) in [6.07, 6.45) is 0.985. The second kappa shape index (κ2) is 5.87. The van der Waals surface area contributed by atoms with Crippen LogP contribution in [0.2, 0.25) is 0 Å². The van der Waals surface area contributed by atoms with Crippen LogP contribution < -0.4 is 5.73 Å². The number of anilines is 1. The van der Waals surface area contributed by atoms with E-state index >= 15 is 0 Å². The fourth-order valence-electron chi connectivity index (χ4n) is 2.00. The SMILES string of the molecule is CCCOCc1nc(N)c2c(-c3cccs3)csc2n1. The molecule has 3 rings (SSSR count). The maximum atomic E-state index is 6.12. The summed E-state index contributed by atoms with van der Waals surface area (Å²) in [7, 11) is 0. The van der Waals surface area contributed by atoms with E-state index in [-0.39, 0.29) is 0 Å². The number of nitrogens with two attached hydrogens (primary N) is 1. The van der Waals surface area contributed by atoms with E-state index in [9.17, 15) is 0 Å². The van der Waals surface area contributed by atoms with Gasteiger partial charge in [-0.3, -0.25) is 0 Å². The van der Waals surface area contributed by atoms with Crippen molar-refractivity contribution >= 4 is 38.7 Å². The van der Waals surface area contributed by atoms with Crippen LogP contribution in [0.25, 0.3) is 20.7 Å². The highest BCUT2D eigenvalue weighted by Gasteiger charge is 2.14. The van der Waals surface area contributed by atoms with E-state index in [1.165, 1.54) is 4.88 Å². The van der Waals surface area contributed by atoms with Crippen LogP contribution in [0, 0.1) is 0 Å². The van der Waals surface area contributed by atoms with Crippen LogP contribution in [0.15, 0.2) is 22.9 Å². The number of ether oxygens (including phenoxy) is 1. The van der Waals surface area contributed by atoms with Crippen molar-refractivity contribution in [1.82, 2.24) is 9.97 Å². The first-order chi connectivity index (χ1) is 9.79. The number of thiophene rings is 2. The molecule has 0 radical (unpaired) electrons. The van der Waals surface area contributed by atoms with Crippen molar-refractivity contribution in [2.24, 2.45) is 0 Å². The molecule has 6 heteroatoms. The van der Waals surface area contributed by atoms with Gasteiger partial charge in [0, 0.05) is 22.4 Å². The van der Waals surface area contributed by atoms with Gasteiger partial charge in [-0.2, -0.15) is 0 Å². The van der Waals surface area contributed by atoms with E-state index in [1.54, 1.807) is 22.7 Å². The molecule has 20 heavy (non-hydrogen) atoms. The molecule has 0 aromatic carbocycles. The van der Waals surface area contributed by atoms with E-state index in [0.29, 0.717) is 24.9 Å². The van der Waals surface area contributed by atoms with Gasteiger partial charge in [0.25, 0.3) is 0 Å². The Morgan fingerprint density at radius 2 is 2.20 bits per heavy atom. The van der Waals surface area contributed by atoms with Crippen LogP contribution >= 0.6 is 22.7 Å². The van der Waals surface area contributed by atoms with Crippen LogP contribution in [-0.4, -0.2) is 16.6 Å². The molecule has 4 nitrogen and oxygen atoms in total. The molecule has 0 unspecified atom stereocenters. The number of nitrogen functional groups attached to an aromatic ring is 1. The van der Waals surface area contributed by atoms with Gasteiger partial charge >= 0.3 is 0 Å². The molecule has 0 aliphatic heterocycles. The molecule has 104 valence electrons. The van der Waals surface area contributed by atoms with E-state index < -0.39 is 0 Å². The minimum Gasteiger partial charge on any atom is -0.383 e. The van der Waals surface area contributed by atoms with Crippen molar-refractivity contribution in [3.8, 4) is 10.4 Å². The molecule has 2 N–H and O–H groups in total. The van der Waals surface area contributed by atoms with Crippen LogP contribution in [0.3, 0.4) is 0 Å². The average molecular weight is 305 g/mol. The Labute approximate surface area is 125 Å². The first-order valence-corrected chi connectivity index (χ1v) is 8.20. The second-order valence-electron chi connectivity index (χ2n) is 4.38. The van der Waals surface area contributed by atoms with Crippen molar-refractivity contribution < 1.29 is 4.74 Å². The molecule has 3 aromatic rings. The average Bonchev–Trinajstić information content (AvgIpc) is 3.07. The lowest BCUT2D eigenvalue weighted by atomic mass is 10.2. The Morgan fingerprint density at radius 1 is 1.30 bits per heavy atom. The van der Waals surface area contributed by atoms with Crippen LogP contribution in [0.1, 0.15) is 19.2 Å². The van der Waals surface area contributed by atoms with Gasteiger partial charge in [0.15, 0.2) is 5.82 Å². The number of hydrogen-bond donors (Lipinski definition) is 1. The Balaban J connectivity index is 1.98. The van der Waals surface area contributed by atoms with Crippen molar-refractivity contribution in [3.63, 3.8) is 0 Å². The zero-order valence-electron chi connectivity index (χ0n) is 11.1. The third-order valence-electron chi connectivity index (χ3n) is 2.87. The van der Waals surface area contributed by atoms with E-state index in [4.69, 9.17) is 10.5 Å². The maximum absolute atomic E-state index is 6.12. The van der Waals surface area contributed by atoms with Crippen molar-refractivity contribution in [2.75, 3.05) is 12.3 Å². The molecule has 0 aliphatic carbocycles. The number of fused-ring (bicyclic) bond motifs is 1. The summed E-state index contributed by atoms with van der Waals surface area (Å²) >= 11 is 3.30. The third kappa shape index (κ3) is 2.54. The lowest BCUT2D eigenvalue weighted by Crippen LogP contribution is -2.03. The van der Waals surface area contributed by atoms with Gasteiger partial charge in [-0.1, -0.05) is 13.0 Å².